The van der Waals surface area contributed by atoms with Crippen LogP contribution in [0, 0.1) is 0 Å². The highest BCUT2D eigenvalue weighted by molar-refractivity contribution is 8.24. The second kappa shape index (κ2) is 4.17. The van der Waals surface area contributed by atoms with E-state index >= 15 is 0 Å². The highest BCUT2D eigenvalue weighted by Gasteiger charge is 2.19. The van der Waals surface area contributed by atoms with Crippen molar-refractivity contribution < 1.29 is 9.11 Å². The minimum atomic E-state index is -2.83. The van der Waals surface area contributed by atoms with E-state index in [2.05, 4.69) is 14.8 Å². The molecule has 7 heteroatoms. The van der Waals surface area contributed by atoms with Crippen molar-refractivity contribution in [3.63, 3.8) is 0 Å². The first kappa shape index (κ1) is 12.2. The quantitative estimate of drug-likeness (QED) is 0.786. The van der Waals surface area contributed by atoms with Gasteiger partial charge in [-0.05, 0) is 12.0 Å². The average Bonchev–Trinajstić information content (AvgIpc) is 2.51. The molecule has 0 unspecified atom stereocenters. The van der Waals surface area contributed by atoms with E-state index in [4.69, 9.17) is 0 Å². The van der Waals surface area contributed by atoms with Crippen LogP contribution in [0.1, 0.15) is 25.3 Å². The van der Waals surface area contributed by atoms with Crippen molar-refractivity contribution >= 4 is 22.2 Å². The summed E-state index contributed by atoms with van der Waals surface area (Å²) < 4.78 is 23.2. The van der Waals surface area contributed by atoms with Gasteiger partial charge >= 0.3 is 0 Å². The Hall–Kier alpha value is -1.31. The van der Waals surface area contributed by atoms with Crippen LogP contribution in [-0.4, -0.2) is 30.0 Å². The van der Waals surface area contributed by atoms with Crippen molar-refractivity contribution in [1.82, 2.24) is 14.6 Å². The van der Waals surface area contributed by atoms with Crippen molar-refractivity contribution in [2.45, 2.75) is 19.8 Å². The summed E-state index contributed by atoms with van der Waals surface area (Å²) in [4.78, 5) is 4.26. The number of anilines is 1. The molecule has 2 heterocycles. The number of nitrogens with one attached hydrogen (secondary N) is 1. The van der Waals surface area contributed by atoms with Crippen molar-refractivity contribution in [2.24, 2.45) is 0 Å². The second-order valence-electron chi connectivity index (χ2n) is 4.24. The first-order chi connectivity index (χ1) is 7.88. The highest BCUT2D eigenvalue weighted by Crippen LogP contribution is 2.37. The van der Waals surface area contributed by atoms with Crippen LogP contribution in [0.25, 0.3) is 5.65 Å². The lowest BCUT2D eigenvalue weighted by atomic mass is 10.1. The van der Waals surface area contributed by atoms with E-state index in [-0.39, 0.29) is 5.92 Å². The number of rotatable bonds is 3. The fourth-order valence-corrected chi connectivity index (χ4v) is 2.21. The van der Waals surface area contributed by atoms with Crippen LogP contribution in [-0.2, 0) is 0 Å². The van der Waals surface area contributed by atoms with Crippen LogP contribution in [0.4, 0.5) is 5.82 Å². The van der Waals surface area contributed by atoms with Gasteiger partial charge in [0.15, 0.2) is 11.5 Å². The summed E-state index contributed by atoms with van der Waals surface area (Å²) in [6.07, 6.45) is 4.80. The summed E-state index contributed by atoms with van der Waals surface area (Å²) in [6.45, 7) is 4.02. The molecular formula is C10H16N4O2S. The average molecular weight is 256 g/mol. The first-order valence-corrected chi connectivity index (χ1v) is 7.18. The first-order valence-electron chi connectivity index (χ1n) is 5.22. The van der Waals surface area contributed by atoms with Crippen molar-refractivity contribution in [3.05, 3.63) is 24.0 Å². The minimum absolute atomic E-state index is 0.187. The third kappa shape index (κ3) is 2.51. The van der Waals surface area contributed by atoms with E-state index < -0.39 is 10.8 Å². The van der Waals surface area contributed by atoms with Crippen molar-refractivity contribution in [2.75, 3.05) is 11.0 Å². The number of aromatic nitrogens is 3. The molecule has 94 valence electrons. The van der Waals surface area contributed by atoms with Gasteiger partial charge in [0.25, 0.3) is 0 Å². The third-order valence-corrected chi connectivity index (χ3v) is 2.88. The largest absolute Gasteiger partial charge is 0.282 e. The van der Waals surface area contributed by atoms with Gasteiger partial charge in [-0.25, -0.2) is 9.50 Å². The maximum atomic E-state index is 9.46. The third-order valence-electron chi connectivity index (χ3n) is 2.30. The zero-order valence-electron chi connectivity index (χ0n) is 9.95. The molecule has 0 saturated heterocycles. The van der Waals surface area contributed by atoms with Gasteiger partial charge in [-0.15, -0.1) is 15.9 Å². The van der Waals surface area contributed by atoms with E-state index in [0.29, 0.717) is 5.82 Å². The molecule has 17 heavy (non-hydrogen) atoms. The Labute approximate surface area is 101 Å². The van der Waals surface area contributed by atoms with E-state index in [0.717, 1.165) is 11.2 Å². The number of hydrogen-bond donors (Lipinski definition) is 3. The van der Waals surface area contributed by atoms with Crippen LogP contribution < -0.4 is 4.72 Å². The molecule has 0 aliphatic carbocycles. The maximum absolute atomic E-state index is 9.46. The van der Waals surface area contributed by atoms with Crippen LogP contribution in [0.2, 0.25) is 0 Å². The molecule has 0 atom stereocenters. The molecule has 0 bridgehead atoms. The van der Waals surface area contributed by atoms with Gasteiger partial charge in [0.05, 0.1) is 0 Å². The summed E-state index contributed by atoms with van der Waals surface area (Å²) in [5, 5.41) is 4.26. The Morgan fingerprint density at radius 1 is 1.41 bits per heavy atom. The molecule has 2 aromatic heterocycles. The lowest BCUT2D eigenvalue weighted by Crippen LogP contribution is -2.08. The van der Waals surface area contributed by atoms with Gasteiger partial charge in [0, 0.05) is 24.2 Å². The standard InChI is InChI=1S/C10H16N4O2S/c1-7(2)8-9(13-17(3,15)16)12-14-6-4-5-11-10(8)14/h4-7,15-16H,1-3H3,(H,12,13). The molecular weight excluding hydrogens is 240 g/mol. The van der Waals surface area contributed by atoms with Gasteiger partial charge in [-0.2, -0.15) is 0 Å². The lowest BCUT2D eigenvalue weighted by molar-refractivity contribution is 0.502. The molecule has 0 aliphatic rings. The van der Waals surface area contributed by atoms with Crippen molar-refractivity contribution in [1.29, 1.82) is 0 Å². The summed E-state index contributed by atoms with van der Waals surface area (Å²) in [5.74, 6) is 0.660. The molecule has 0 radical (unpaired) electrons. The van der Waals surface area contributed by atoms with E-state index in [9.17, 15) is 9.11 Å². The van der Waals surface area contributed by atoms with E-state index in [1.54, 1.807) is 23.0 Å². The fourth-order valence-electron chi connectivity index (χ4n) is 1.69. The Bertz CT molecular complexity index is 533. The van der Waals surface area contributed by atoms with Crippen LogP contribution >= 0.6 is 10.8 Å². The van der Waals surface area contributed by atoms with E-state index in [1.807, 2.05) is 13.8 Å². The molecule has 2 rings (SSSR count). The van der Waals surface area contributed by atoms with Crippen LogP contribution in [0.5, 0.6) is 0 Å². The van der Waals surface area contributed by atoms with Gasteiger partial charge in [-0.3, -0.25) is 13.8 Å². The SMILES string of the molecule is CC(C)c1c(NS(C)(O)O)nn2cccnc12. The Kier molecular flexibility index (Phi) is 2.98. The van der Waals surface area contributed by atoms with Gasteiger partial charge in [-0.1, -0.05) is 13.8 Å². The summed E-state index contributed by atoms with van der Waals surface area (Å²) in [6, 6.07) is 1.78. The normalized spacial score (nSPS) is 13.3. The molecule has 6 nitrogen and oxygen atoms in total. The summed E-state index contributed by atoms with van der Waals surface area (Å²) in [7, 11) is -2.83. The van der Waals surface area contributed by atoms with Crippen molar-refractivity contribution in [3.8, 4) is 0 Å². The number of nitrogens with zero attached hydrogens (tertiary/aromatic N) is 3. The second-order valence-corrected chi connectivity index (χ2v) is 6.11. The van der Waals surface area contributed by atoms with Gasteiger partial charge < -0.3 is 0 Å². The Morgan fingerprint density at radius 3 is 2.71 bits per heavy atom. The molecule has 0 aromatic carbocycles. The fraction of sp³-hybridized carbons (Fsp3) is 0.400. The number of hydrogen-bond acceptors (Lipinski definition) is 5. The number of fused-ring (bicyclic) bond motifs is 1. The zero-order valence-corrected chi connectivity index (χ0v) is 10.8. The zero-order chi connectivity index (χ0) is 12.6. The van der Waals surface area contributed by atoms with Crippen LogP contribution in [0.15, 0.2) is 18.5 Å². The molecule has 0 amide bonds. The predicted molar refractivity (Wildman–Crippen MR) is 69.5 cm³/mol. The highest BCUT2D eigenvalue weighted by atomic mass is 32.3. The summed E-state index contributed by atoms with van der Waals surface area (Å²) in [5.41, 5.74) is 1.61. The molecule has 3 N–H and O–H groups in total. The Balaban J connectivity index is 2.58. The molecule has 0 spiro atoms. The summed E-state index contributed by atoms with van der Waals surface area (Å²) >= 11 is 0. The maximum Gasteiger partial charge on any atom is 0.172 e. The predicted octanol–water partition coefficient (Wildman–Crippen LogP) is 2.56. The van der Waals surface area contributed by atoms with Gasteiger partial charge in [0.1, 0.15) is 0 Å². The monoisotopic (exact) mass is 256 g/mol. The van der Waals surface area contributed by atoms with Gasteiger partial charge in [0.2, 0.25) is 0 Å². The minimum Gasteiger partial charge on any atom is -0.282 e. The smallest absolute Gasteiger partial charge is 0.172 e. The topological polar surface area (TPSA) is 82.7 Å². The molecule has 0 saturated carbocycles. The van der Waals surface area contributed by atoms with E-state index in [1.165, 1.54) is 6.26 Å². The molecule has 0 aliphatic heterocycles. The van der Waals surface area contributed by atoms with Crippen LogP contribution in [0.3, 0.4) is 0 Å². The molecule has 0 fully saturated rings. The molecule has 2 aromatic rings. The lowest BCUT2D eigenvalue weighted by Gasteiger charge is -2.28. The Morgan fingerprint density at radius 2 is 2.12 bits per heavy atom.